The van der Waals surface area contributed by atoms with E-state index in [1.807, 2.05) is 0 Å². The number of sulfone groups is 1. The second kappa shape index (κ2) is 11.1. The molecule has 1 saturated carbocycles. The minimum absolute atomic E-state index is 0.0707. The first kappa shape index (κ1) is 26.9. The van der Waals surface area contributed by atoms with Crippen molar-refractivity contribution in [3.63, 3.8) is 0 Å². The molecule has 3 aromatic rings. The lowest BCUT2D eigenvalue weighted by molar-refractivity contribution is 0.121. The average Bonchev–Trinajstić information content (AvgIpc) is 3.28. The number of halogens is 2. The Labute approximate surface area is 214 Å². The molecule has 9 nitrogen and oxygen atoms in total. The molecule has 1 N–H and O–H groups in total. The van der Waals surface area contributed by atoms with Crippen LogP contribution in [0.5, 0.6) is 5.88 Å². The zero-order chi connectivity index (χ0) is 26.7. The van der Waals surface area contributed by atoms with E-state index in [0.717, 1.165) is 38.0 Å². The molecule has 4 rings (SSSR count). The first-order valence-corrected chi connectivity index (χ1v) is 14.0. The Morgan fingerprint density at radius 1 is 1.19 bits per heavy atom. The quantitative estimate of drug-likeness (QED) is 0.261. The molecular formula is C25H31F2N5O4S. The van der Waals surface area contributed by atoms with Gasteiger partial charge in [-0.05, 0) is 43.7 Å². The molecule has 0 unspecified atom stereocenters. The summed E-state index contributed by atoms with van der Waals surface area (Å²) >= 11 is 0. The number of aromatic nitrogens is 3. The third-order valence-electron chi connectivity index (χ3n) is 6.21. The maximum atomic E-state index is 14.8. The Bertz CT molecular complexity index is 1400. The topological polar surface area (TPSA) is 107 Å². The van der Waals surface area contributed by atoms with Crippen LogP contribution in [-0.4, -0.2) is 54.9 Å². The van der Waals surface area contributed by atoms with Gasteiger partial charge in [-0.15, -0.1) is 0 Å². The smallest absolute Gasteiger partial charge is 0.218 e. The molecule has 12 heteroatoms. The molecule has 1 fully saturated rings. The number of aliphatic imine (C=N–C) groups is 1. The highest BCUT2D eigenvalue weighted by molar-refractivity contribution is 7.90. The van der Waals surface area contributed by atoms with E-state index in [4.69, 9.17) is 9.57 Å². The van der Waals surface area contributed by atoms with E-state index in [-0.39, 0.29) is 28.8 Å². The predicted molar refractivity (Wildman–Crippen MR) is 135 cm³/mol. The summed E-state index contributed by atoms with van der Waals surface area (Å²) in [7, 11) is -2.20. The van der Waals surface area contributed by atoms with Crippen molar-refractivity contribution in [1.29, 1.82) is 0 Å². The SMILES string of the molecule is CNOC(=NCC(C)C)C1CCC(Oc2ccnc3c(-c4cc(F)c(S(C)(=O)=O)cc4F)cnn23)CC1. The molecule has 1 aliphatic rings. The van der Waals surface area contributed by atoms with Gasteiger partial charge in [-0.2, -0.15) is 15.1 Å². The van der Waals surface area contributed by atoms with Crippen LogP contribution in [0.2, 0.25) is 0 Å². The molecule has 200 valence electrons. The second-order valence-corrected chi connectivity index (χ2v) is 11.6. The van der Waals surface area contributed by atoms with Crippen molar-refractivity contribution in [1.82, 2.24) is 20.1 Å². The summed E-state index contributed by atoms with van der Waals surface area (Å²) in [6.07, 6.45) is 6.88. The number of hydroxylamine groups is 1. The summed E-state index contributed by atoms with van der Waals surface area (Å²) in [5.41, 5.74) is 3.09. The first-order valence-electron chi connectivity index (χ1n) is 12.1. The average molecular weight is 536 g/mol. The van der Waals surface area contributed by atoms with E-state index >= 15 is 0 Å². The van der Waals surface area contributed by atoms with Gasteiger partial charge in [0.05, 0.1) is 6.20 Å². The third-order valence-corrected chi connectivity index (χ3v) is 7.32. The van der Waals surface area contributed by atoms with E-state index in [2.05, 4.69) is 34.4 Å². The summed E-state index contributed by atoms with van der Waals surface area (Å²) in [4.78, 5) is 13.8. The van der Waals surface area contributed by atoms with Crippen LogP contribution in [0, 0.1) is 23.5 Å². The Balaban J connectivity index is 1.53. The van der Waals surface area contributed by atoms with E-state index in [9.17, 15) is 17.2 Å². The van der Waals surface area contributed by atoms with Crippen molar-refractivity contribution in [3.8, 4) is 17.0 Å². The lowest BCUT2D eigenvalue weighted by atomic mass is 9.87. The summed E-state index contributed by atoms with van der Waals surface area (Å²) in [6, 6.07) is 3.20. The Hall–Kier alpha value is -3.12. The summed E-state index contributed by atoms with van der Waals surface area (Å²) in [5, 5.41) is 4.29. The molecule has 2 heterocycles. The van der Waals surface area contributed by atoms with Crippen molar-refractivity contribution in [2.75, 3.05) is 19.8 Å². The van der Waals surface area contributed by atoms with Gasteiger partial charge in [-0.25, -0.2) is 22.2 Å². The van der Waals surface area contributed by atoms with Crippen LogP contribution in [0.3, 0.4) is 0 Å². The fourth-order valence-corrected chi connectivity index (χ4v) is 5.12. The van der Waals surface area contributed by atoms with Crippen LogP contribution in [0.4, 0.5) is 8.78 Å². The van der Waals surface area contributed by atoms with Gasteiger partial charge >= 0.3 is 0 Å². The first-order chi connectivity index (χ1) is 17.6. The van der Waals surface area contributed by atoms with Gasteiger partial charge in [0.25, 0.3) is 0 Å². The Morgan fingerprint density at radius 3 is 2.57 bits per heavy atom. The molecule has 0 saturated heterocycles. The van der Waals surface area contributed by atoms with Crippen LogP contribution in [0.15, 0.2) is 40.5 Å². The van der Waals surface area contributed by atoms with Crippen molar-refractivity contribution < 1.29 is 26.8 Å². The molecule has 1 aromatic carbocycles. The molecule has 1 aliphatic carbocycles. The number of nitrogens with one attached hydrogen (secondary N) is 1. The number of ether oxygens (including phenoxy) is 1. The summed E-state index contributed by atoms with van der Waals surface area (Å²) in [5.74, 6) is -0.149. The third kappa shape index (κ3) is 6.07. The monoisotopic (exact) mass is 535 g/mol. The normalized spacial score (nSPS) is 18.9. The van der Waals surface area contributed by atoms with Crippen LogP contribution in [0.1, 0.15) is 39.5 Å². The van der Waals surface area contributed by atoms with Gasteiger partial charge in [0, 0.05) is 49.2 Å². The lowest BCUT2D eigenvalue weighted by Crippen LogP contribution is -2.32. The van der Waals surface area contributed by atoms with Crippen LogP contribution >= 0.6 is 0 Å². The molecule has 37 heavy (non-hydrogen) atoms. The van der Waals surface area contributed by atoms with Gasteiger partial charge in [0.1, 0.15) is 22.6 Å². The van der Waals surface area contributed by atoms with E-state index in [1.54, 1.807) is 13.1 Å². The van der Waals surface area contributed by atoms with Crippen molar-refractivity contribution in [3.05, 3.63) is 42.2 Å². The van der Waals surface area contributed by atoms with Crippen LogP contribution < -0.4 is 10.2 Å². The van der Waals surface area contributed by atoms with Crippen LogP contribution in [-0.2, 0) is 14.7 Å². The zero-order valence-electron chi connectivity index (χ0n) is 21.2. The number of hydrogen-bond acceptors (Lipinski definition) is 8. The van der Waals surface area contributed by atoms with E-state index < -0.39 is 26.4 Å². The van der Waals surface area contributed by atoms with Gasteiger partial charge in [0.15, 0.2) is 15.5 Å². The van der Waals surface area contributed by atoms with Crippen molar-refractivity contribution >= 4 is 21.4 Å². The molecule has 0 amide bonds. The second-order valence-electron chi connectivity index (χ2n) is 9.58. The van der Waals surface area contributed by atoms with Gasteiger partial charge in [-0.3, -0.25) is 4.99 Å². The van der Waals surface area contributed by atoms with Crippen molar-refractivity contribution in [2.24, 2.45) is 16.8 Å². The number of benzene rings is 1. The summed E-state index contributed by atoms with van der Waals surface area (Å²) in [6.45, 7) is 4.92. The molecule has 0 bridgehead atoms. The minimum atomic E-state index is -3.92. The maximum absolute atomic E-state index is 14.8. The van der Waals surface area contributed by atoms with Crippen molar-refractivity contribution in [2.45, 2.75) is 50.5 Å². The van der Waals surface area contributed by atoms with Gasteiger partial charge in [0.2, 0.25) is 11.8 Å². The highest BCUT2D eigenvalue weighted by Gasteiger charge is 2.28. The lowest BCUT2D eigenvalue weighted by Gasteiger charge is -2.29. The van der Waals surface area contributed by atoms with Gasteiger partial charge < -0.3 is 9.57 Å². The van der Waals surface area contributed by atoms with E-state index in [0.29, 0.717) is 30.3 Å². The number of rotatable bonds is 8. The maximum Gasteiger partial charge on any atom is 0.218 e. The number of fused-ring (bicyclic) bond motifs is 1. The Morgan fingerprint density at radius 2 is 1.92 bits per heavy atom. The largest absolute Gasteiger partial charge is 0.474 e. The minimum Gasteiger partial charge on any atom is -0.474 e. The highest BCUT2D eigenvalue weighted by atomic mass is 32.2. The number of hydrogen-bond donors (Lipinski definition) is 1. The highest BCUT2D eigenvalue weighted by Crippen LogP contribution is 2.33. The molecular weight excluding hydrogens is 504 g/mol. The van der Waals surface area contributed by atoms with Gasteiger partial charge in [-0.1, -0.05) is 13.8 Å². The molecule has 0 radical (unpaired) electrons. The summed E-state index contributed by atoms with van der Waals surface area (Å²) < 4.78 is 60.5. The van der Waals surface area contributed by atoms with Crippen LogP contribution in [0.25, 0.3) is 16.8 Å². The predicted octanol–water partition coefficient (Wildman–Crippen LogP) is 4.22. The number of nitrogens with zero attached hydrogens (tertiary/aromatic N) is 4. The zero-order valence-corrected chi connectivity index (χ0v) is 22.1. The molecule has 0 spiro atoms. The standard InChI is InChI=1S/C25H31F2N5O4S/c1-15(2)13-30-25(36-28-3)16-5-7-17(8-6-16)35-23-9-10-29-24-19(14-31-32(23)24)18-11-21(27)22(12-20(18)26)37(4,33)34/h9-12,14-17,28H,5-8,13H2,1-4H3. The molecule has 2 aromatic heterocycles. The fourth-order valence-electron chi connectivity index (χ4n) is 4.39. The molecule has 0 aliphatic heterocycles. The Kier molecular flexibility index (Phi) is 8.08. The fraction of sp³-hybridized carbons (Fsp3) is 0.480. The van der Waals surface area contributed by atoms with E-state index in [1.165, 1.54) is 16.9 Å². The molecule has 0 atom stereocenters.